The number of rotatable bonds is 6. The predicted molar refractivity (Wildman–Crippen MR) is 71.6 cm³/mol. The molecule has 0 aliphatic heterocycles. The van der Waals surface area contributed by atoms with Gasteiger partial charge in [0.25, 0.3) is 0 Å². The van der Waals surface area contributed by atoms with Gasteiger partial charge in [0, 0.05) is 13.2 Å². The van der Waals surface area contributed by atoms with Gasteiger partial charge in [-0.25, -0.2) is 0 Å². The molecule has 0 unspecified atom stereocenters. The van der Waals surface area contributed by atoms with Crippen molar-refractivity contribution in [3.05, 3.63) is 18.2 Å². The van der Waals surface area contributed by atoms with Crippen LogP contribution in [-0.2, 0) is 4.74 Å². The van der Waals surface area contributed by atoms with Crippen LogP contribution in [0.2, 0.25) is 0 Å². The van der Waals surface area contributed by atoms with Gasteiger partial charge in [0.15, 0.2) is 0 Å². The average molecular weight is 238 g/mol. The first-order valence-electron chi connectivity index (χ1n) is 5.80. The fourth-order valence-corrected chi connectivity index (χ4v) is 1.63. The van der Waals surface area contributed by atoms with Crippen molar-refractivity contribution in [2.45, 2.75) is 26.4 Å². The van der Waals surface area contributed by atoms with Crippen LogP contribution in [0.25, 0.3) is 0 Å². The van der Waals surface area contributed by atoms with Crippen LogP contribution < -0.4 is 15.8 Å². The zero-order chi connectivity index (χ0) is 12.9. The third kappa shape index (κ3) is 3.82. The number of hydrogen-bond acceptors (Lipinski definition) is 4. The first-order chi connectivity index (χ1) is 8.00. The molecule has 0 aliphatic carbocycles. The first kappa shape index (κ1) is 13.6. The van der Waals surface area contributed by atoms with E-state index in [1.54, 1.807) is 7.11 Å². The number of ether oxygens (including phenoxy) is 2. The number of nitrogens with two attached hydrogens (primary N) is 1. The highest BCUT2D eigenvalue weighted by atomic mass is 16.5. The third-order valence-electron chi connectivity index (χ3n) is 2.53. The summed E-state index contributed by atoms with van der Waals surface area (Å²) in [6.45, 7) is 7.46. The minimum Gasteiger partial charge on any atom is -0.495 e. The van der Waals surface area contributed by atoms with Crippen LogP contribution in [-0.4, -0.2) is 25.9 Å². The molecule has 1 rings (SSSR count). The van der Waals surface area contributed by atoms with Gasteiger partial charge in [-0.1, -0.05) is 6.07 Å². The Hall–Kier alpha value is -1.42. The summed E-state index contributed by atoms with van der Waals surface area (Å²) in [6, 6.07) is 5.68. The molecule has 0 aliphatic rings. The van der Waals surface area contributed by atoms with Gasteiger partial charge in [-0.3, -0.25) is 0 Å². The van der Waals surface area contributed by atoms with Crippen LogP contribution in [0.3, 0.4) is 0 Å². The van der Waals surface area contributed by atoms with Crippen LogP contribution in [0.4, 0.5) is 11.4 Å². The van der Waals surface area contributed by atoms with E-state index in [0.717, 1.165) is 5.69 Å². The number of anilines is 2. The highest BCUT2D eigenvalue weighted by Gasteiger charge is 2.17. The van der Waals surface area contributed by atoms with Crippen LogP contribution in [0.15, 0.2) is 18.2 Å². The summed E-state index contributed by atoms with van der Waals surface area (Å²) in [5.41, 5.74) is 7.25. The van der Waals surface area contributed by atoms with E-state index in [1.165, 1.54) is 0 Å². The molecule has 0 aromatic heterocycles. The number of nitrogens with one attached hydrogen (secondary N) is 1. The van der Waals surface area contributed by atoms with Gasteiger partial charge in [-0.2, -0.15) is 0 Å². The van der Waals surface area contributed by atoms with Gasteiger partial charge in [0.2, 0.25) is 0 Å². The van der Waals surface area contributed by atoms with E-state index in [2.05, 4.69) is 5.32 Å². The quantitative estimate of drug-likeness (QED) is 0.748. The molecular formula is C13H22N2O2. The highest BCUT2D eigenvalue weighted by Crippen LogP contribution is 2.29. The van der Waals surface area contributed by atoms with Crippen molar-refractivity contribution >= 4 is 11.4 Å². The first-order valence-corrected chi connectivity index (χ1v) is 5.80. The van der Waals surface area contributed by atoms with E-state index in [4.69, 9.17) is 15.2 Å². The zero-order valence-corrected chi connectivity index (χ0v) is 11.0. The maximum Gasteiger partial charge on any atom is 0.143 e. The molecule has 0 radical (unpaired) electrons. The summed E-state index contributed by atoms with van der Waals surface area (Å²) in [5, 5.41) is 3.28. The molecule has 3 N–H and O–H groups in total. The maximum absolute atomic E-state index is 5.97. The minimum atomic E-state index is -0.218. The Kier molecular flexibility index (Phi) is 4.63. The fraction of sp³-hybridized carbons (Fsp3) is 0.538. The Morgan fingerprint density at radius 2 is 2.06 bits per heavy atom. The Labute approximate surface area is 103 Å². The molecule has 1 aromatic rings. The van der Waals surface area contributed by atoms with Crippen molar-refractivity contribution in [1.82, 2.24) is 0 Å². The standard InChI is InChI=1S/C13H22N2O2/c1-5-17-13(2,3)9-15-10-7-6-8-11(16-4)12(10)14/h6-8,15H,5,9,14H2,1-4H3. The lowest BCUT2D eigenvalue weighted by Crippen LogP contribution is -2.33. The zero-order valence-electron chi connectivity index (χ0n) is 11.0. The number of benzene rings is 1. The number of hydrogen-bond donors (Lipinski definition) is 2. The molecule has 0 amide bonds. The van der Waals surface area contributed by atoms with E-state index >= 15 is 0 Å². The fourth-order valence-electron chi connectivity index (χ4n) is 1.63. The largest absolute Gasteiger partial charge is 0.495 e. The van der Waals surface area contributed by atoms with Gasteiger partial charge in [-0.05, 0) is 32.9 Å². The second kappa shape index (κ2) is 5.77. The van der Waals surface area contributed by atoms with Gasteiger partial charge in [0.1, 0.15) is 5.75 Å². The molecule has 0 saturated carbocycles. The molecule has 0 saturated heterocycles. The summed E-state index contributed by atoms with van der Waals surface area (Å²) in [7, 11) is 1.61. The number of para-hydroxylation sites is 1. The number of methoxy groups -OCH3 is 1. The van der Waals surface area contributed by atoms with E-state index in [1.807, 2.05) is 39.0 Å². The Balaban J connectivity index is 2.69. The monoisotopic (exact) mass is 238 g/mol. The second-order valence-corrected chi connectivity index (χ2v) is 4.47. The van der Waals surface area contributed by atoms with Gasteiger partial charge in [-0.15, -0.1) is 0 Å². The van der Waals surface area contributed by atoms with Crippen molar-refractivity contribution in [2.75, 3.05) is 31.3 Å². The number of nitrogen functional groups attached to an aromatic ring is 1. The van der Waals surface area contributed by atoms with E-state index < -0.39 is 0 Å². The molecule has 96 valence electrons. The molecule has 0 bridgehead atoms. The molecule has 4 heteroatoms. The summed E-state index contributed by atoms with van der Waals surface area (Å²) in [4.78, 5) is 0. The molecule has 0 atom stereocenters. The molecule has 0 spiro atoms. The SMILES string of the molecule is CCOC(C)(C)CNc1cccc(OC)c1N. The van der Waals surface area contributed by atoms with E-state index in [9.17, 15) is 0 Å². The molecule has 0 heterocycles. The Morgan fingerprint density at radius 1 is 1.35 bits per heavy atom. The molecular weight excluding hydrogens is 216 g/mol. The molecule has 0 fully saturated rings. The molecule has 17 heavy (non-hydrogen) atoms. The van der Waals surface area contributed by atoms with Crippen LogP contribution in [0.5, 0.6) is 5.75 Å². The maximum atomic E-state index is 5.97. The van der Waals surface area contributed by atoms with Crippen molar-refractivity contribution < 1.29 is 9.47 Å². The Morgan fingerprint density at radius 3 is 2.65 bits per heavy atom. The molecule has 4 nitrogen and oxygen atoms in total. The highest BCUT2D eigenvalue weighted by molar-refractivity contribution is 5.72. The van der Waals surface area contributed by atoms with Crippen molar-refractivity contribution in [3.8, 4) is 5.75 Å². The third-order valence-corrected chi connectivity index (χ3v) is 2.53. The normalized spacial score (nSPS) is 11.3. The summed E-state index contributed by atoms with van der Waals surface area (Å²) < 4.78 is 10.8. The smallest absolute Gasteiger partial charge is 0.143 e. The second-order valence-electron chi connectivity index (χ2n) is 4.47. The summed E-state index contributed by atoms with van der Waals surface area (Å²) in [6.07, 6.45) is 0. The van der Waals surface area contributed by atoms with Crippen LogP contribution >= 0.6 is 0 Å². The van der Waals surface area contributed by atoms with E-state index in [-0.39, 0.29) is 5.60 Å². The lowest BCUT2D eigenvalue weighted by Gasteiger charge is -2.26. The topological polar surface area (TPSA) is 56.5 Å². The van der Waals surface area contributed by atoms with Gasteiger partial charge < -0.3 is 20.5 Å². The van der Waals surface area contributed by atoms with Gasteiger partial charge >= 0.3 is 0 Å². The summed E-state index contributed by atoms with van der Waals surface area (Å²) in [5.74, 6) is 0.684. The minimum absolute atomic E-state index is 0.218. The lowest BCUT2D eigenvalue weighted by molar-refractivity contribution is 0.000707. The van der Waals surface area contributed by atoms with Crippen LogP contribution in [0, 0.1) is 0 Å². The average Bonchev–Trinajstić information content (AvgIpc) is 2.28. The summed E-state index contributed by atoms with van der Waals surface area (Å²) >= 11 is 0. The molecule has 1 aromatic carbocycles. The predicted octanol–water partition coefficient (Wildman–Crippen LogP) is 2.50. The van der Waals surface area contributed by atoms with E-state index in [0.29, 0.717) is 24.6 Å². The lowest BCUT2D eigenvalue weighted by atomic mass is 10.1. The van der Waals surface area contributed by atoms with Crippen LogP contribution in [0.1, 0.15) is 20.8 Å². The van der Waals surface area contributed by atoms with Crippen molar-refractivity contribution in [1.29, 1.82) is 0 Å². The Bertz CT molecular complexity index is 364. The van der Waals surface area contributed by atoms with Crippen molar-refractivity contribution in [2.24, 2.45) is 0 Å². The van der Waals surface area contributed by atoms with Gasteiger partial charge in [0.05, 0.1) is 24.1 Å². The van der Waals surface area contributed by atoms with Crippen molar-refractivity contribution in [3.63, 3.8) is 0 Å².